The van der Waals surface area contributed by atoms with E-state index in [1.54, 1.807) is 0 Å². The van der Waals surface area contributed by atoms with Gasteiger partial charge in [0.05, 0.1) is 17.4 Å². The summed E-state index contributed by atoms with van der Waals surface area (Å²) in [5, 5.41) is 28.4. The van der Waals surface area contributed by atoms with Crippen LogP contribution in [0.25, 0.3) is 10.4 Å². The van der Waals surface area contributed by atoms with E-state index >= 15 is 0 Å². The highest BCUT2D eigenvalue weighted by Gasteiger charge is 2.17. The maximum absolute atomic E-state index is 12.6. The van der Waals surface area contributed by atoms with Gasteiger partial charge in [0, 0.05) is 36.0 Å². The summed E-state index contributed by atoms with van der Waals surface area (Å²) in [5.41, 5.74) is 19.8. The number of nitrogens with two attached hydrogens (primary N) is 2. The first-order valence-electron chi connectivity index (χ1n) is 14.1. The van der Waals surface area contributed by atoms with E-state index in [1.165, 1.54) is 30.0 Å². The van der Waals surface area contributed by atoms with E-state index in [0.29, 0.717) is 63.6 Å². The summed E-state index contributed by atoms with van der Waals surface area (Å²) in [6.07, 6.45) is 4.65. The molecule has 15 heteroatoms. The average molecular weight is 595 g/mol. The Morgan fingerprint density at radius 1 is 0.927 bits per heavy atom. The van der Waals surface area contributed by atoms with E-state index in [-0.39, 0.29) is 34.9 Å². The Morgan fingerprint density at radius 2 is 1.63 bits per heavy atom. The summed E-state index contributed by atoms with van der Waals surface area (Å²) in [7, 11) is 0. The van der Waals surface area contributed by atoms with Crippen molar-refractivity contribution in [3.05, 3.63) is 34.2 Å². The number of carbonyl (C=O) groups is 3. The van der Waals surface area contributed by atoms with Crippen molar-refractivity contribution in [3.8, 4) is 5.75 Å². The van der Waals surface area contributed by atoms with Gasteiger partial charge in [0.25, 0.3) is 5.91 Å². The van der Waals surface area contributed by atoms with Gasteiger partial charge in [-0.05, 0) is 88.9 Å². The molecule has 1 unspecified atom stereocenters. The van der Waals surface area contributed by atoms with E-state index in [2.05, 4.69) is 36.6 Å². The van der Waals surface area contributed by atoms with E-state index < -0.39 is 5.91 Å². The second-order valence-electron chi connectivity index (χ2n) is 9.23. The van der Waals surface area contributed by atoms with Crippen LogP contribution in [0.1, 0.15) is 48.9 Å². The fraction of sp³-hybridized carbons (Fsp3) is 0.654. The average Bonchev–Trinajstić information content (AvgIpc) is 2.95. The van der Waals surface area contributed by atoms with Crippen molar-refractivity contribution < 1.29 is 19.5 Å². The SMILES string of the molecule is [N-]=[N+]=Nc1ccc(C(=O)NCCCCNC(=O)CSCCNC(=O)C(CCCNCCCN)NCCCN)c(O)c1. The Morgan fingerprint density at radius 3 is 2.34 bits per heavy atom. The van der Waals surface area contributed by atoms with Gasteiger partial charge in [-0.3, -0.25) is 14.4 Å². The number of phenolic OH excluding ortho intramolecular Hbond substituents is 1. The number of rotatable bonds is 24. The van der Waals surface area contributed by atoms with Crippen molar-refractivity contribution in [3.63, 3.8) is 0 Å². The lowest BCUT2D eigenvalue weighted by molar-refractivity contribution is -0.123. The molecule has 0 aromatic heterocycles. The number of aromatic hydroxyl groups is 1. The largest absolute Gasteiger partial charge is 0.507 e. The minimum Gasteiger partial charge on any atom is -0.507 e. The van der Waals surface area contributed by atoms with E-state index in [9.17, 15) is 19.5 Å². The van der Waals surface area contributed by atoms with Crippen molar-refractivity contribution >= 4 is 35.2 Å². The highest BCUT2D eigenvalue weighted by Crippen LogP contribution is 2.23. The van der Waals surface area contributed by atoms with Gasteiger partial charge in [-0.1, -0.05) is 11.2 Å². The number of benzene rings is 1. The molecule has 41 heavy (non-hydrogen) atoms. The minimum absolute atomic E-state index is 0.0403. The summed E-state index contributed by atoms with van der Waals surface area (Å²) in [6, 6.07) is 3.79. The maximum atomic E-state index is 12.6. The third kappa shape index (κ3) is 17.4. The number of carbonyl (C=O) groups excluding carboxylic acids is 3. The van der Waals surface area contributed by atoms with Crippen LogP contribution in [0.5, 0.6) is 5.75 Å². The fourth-order valence-corrected chi connectivity index (χ4v) is 4.35. The number of nitrogens with one attached hydrogen (secondary N) is 5. The Balaban J connectivity index is 2.15. The van der Waals surface area contributed by atoms with E-state index in [4.69, 9.17) is 17.0 Å². The van der Waals surface area contributed by atoms with Crippen molar-refractivity contribution in [2.45, 2.75) is 44.6 Å². The maximum Gasteiger partial charge on any atom is 0.255 e. The highest BCUT2D eigenvalue weighted by atomic mass is 32.2. The first-order valence-corrected chi connectivity index (χ1v) is 15.2. The van der Waals surface area contributed by atoms with Crippen molar-refractivity contribution in [1.29, 1.82) is 0 Å². The Bertz CT molecular complexity index is 962. The van der Waals surface area contributed by atoms with Crippen LogP contribution in [0.15, 0.2) is 23.3 Å². The second kappa shape index (κ2) is 23.6. The summed E-state index contributed by atoms with van der Waals surface area (Å²) in [6.45, 7) is 4.97. The van der Waals surface area contributed by atoms with Crippen LogP contribution in [0.4, 0.5) is 5.69 Å². The third-order valence-corrected chi connectivity index (χ3v) is 6.83. The summed E-state index contributed by atoms with van der Waals surface area (Å²) in [5.74, 6) is 0.0939. The summed E-state index contributed by atoms with van der Waals surface area (Å²) in [4.78, 5) is 39.5. The summed E-state index contributed by atoms with van der Waals surface area (Å²) < 4.78 is 0. The number of amides is 3. The molecule has 0 aliphatic heterocycles. The molecule has 0 heterocycles. The molecule has 1 atom stereocenters. The van der Waals surface area contributed by atoms with Gasteiger partial charge in [-0.25, -0.2) is 0 Å². The lowest BCUT2D eigenvalue weighted by Crippen LogP contribution is -2.45. The standard InChI is InChI=1S/C26H46N10O4S/c27-9-4-12-30-11-3-6-22(31-15-5-10-28)26(40)34-16-17-41-19-24(38)32-13-1-2-14-33-25(39)21-8-7-20(35-36-29)18-23(21)37/h7-8,18,22,30-31,37H,1-6,9-17,19,27-28H2,(H,32,38)(H,33,39)(H,34,40). The molecule has 0 spiro atoms. The normalized spacial score (nSPS) is 11.4. The molecule has 0 radical (unpaired) electrons. The summed E-state index contributed by atoms with van der Waals surface area (Å²) >= 11 is 1.45. The van der Waals surface area contributed by atoms with Crippen molar-refractivity contribution in [1.82, 2.24) is 26.6 Å². The second-order valence-corrected chi connectivity index (χ2v) is 10.3. The molecular weight excluding hydrogens is 548 g/mol. The van der Waals surface area contributed by atoms with Crippen molar-refractivity contribution in [2.75, 3.05) is 63.9 Å². The zero-order chi connectivity index (χ0) is 30.1. The van der Waals surface area contributed by atoms with Crippen LogP contribution in [-0.2, 0) is 9.59 Å². The Hall–Kier alpha value is -3.07. The predicted molar refractivity (Wildman–Crippen MR) is 163 cm³/mol. The van der Waals surface area contributed by atoms with Gasteiger partial charge in [-0.2, -0.15) is 11.8 Å². The first-order chi connectivity index (χ1) is 19.9. The van der Waals surface area contributed by atoms with Crippen LogP contribution in [0.2, 0.25) is 0 Å². The molecule has 3 amide bonds. The van der Waals surface area contributed by atoms with Gasteiger partial charge in [0.15, 0.2) is 0 Å². The quantitative estimate of drug-likeness (QED) is 0.0366. The predicted octanol–water partition coefficient (Wildman–Crippen LogP) is 0.835. The van der Waals surface area contributed by atoms with E-state index in [1.807, 2.05) is 0 Å². The molecule has 1 aromatic rings. The Labute approximate surface area is 246 Å². The number of azide groups is 1. The van der Waals surface area contributed by atoms with Crippen LogP contribution in [0.3, 0.4) is 0 Å². The first kappa shape index (κ1) is 36.0. The van der Waals surface area contributed by atoms with Gasteiger partial charge in [0.1, 0.15) is 5.75 Å². The number of nitrogens with zero attached hydrogens (tertiary/aromatic N) is 3. The topological polar surface area (TPSA) is 232 Å². The van der Waals surface area contributed by atoms with Crippen LogP contribution in [-0.4, -0.2) is 92.7 Å². The molecule has 1 rings (SSSR count). The number of phenols is 1. The van der Waals surface area contributed by atoms with Crippen LogP contribution in [0, 0.1) is 0 Å². The lowest BCUT2D eigenvalue weighted by atomic mass is 10.1. The third-order valence-electron chi connectivity index (χ3n) is 5.87. The van der Waals surface area contributed by atoms with Gasteiger partial charge < -0.3 is 43.2 Å². The lowest BCUT2D eigenvalue weighted by Gasteiger charge is -2.18. The molecule has 0 bridgehead atoms. The van der Waals surface area contributed by atoms with E-state index in [0.717, 1.165) is 38.8 Å². The molecule has 1 aromatic carbocycles. The monoisotopic (exact) mass is 594 g/mol. The molecule has 230 valence electrons. The van der Waals surface area contributed by atoms with Gasteiger partial charge >= 0.3 is 0 Å². The van der Waals surface area contributed by atoms with Gasteiger partial charge in [-0.15, -0.1) is 0 Å². The smallest absolute Gasteiger partial charge is 0.255 e. The highest BCUT2D eigenvalue weighted by molar-refractivity contribution is 7.99. The minimum atomic E-state index is -0.435. The molecule has 0 saturated heterocycles. The molecule has 0 aliphatic carbocycles. The number of unbranched alkanes of at least 4 members (excludes halogenated alkanes) is 1. The number of hydrogen-bond acceptors (Lipinski definition) is 10. The number of hydrogen-bond donors (Lipinski definition) is 8. The Kier molecular flexibility index (Phi) is 20.7. The molecule has 0 fully saturated rings. The molecule has 0 aliphatic rings. The molecule has 0 saturated carbocycles. The molecule has 14 nitrogen and oxygen atoms in total. The zero-order valence-electron chi connectivity index (χ0n) is 23.7. The zero-order valence-corrected chi connectivity index (χ0v) is 24.5. The van der Waals surface area contributed by atoms with Crippen molar-refractivity contribution in [2.24, 2.45) is 16.6 Å². The molecular formula is C26H46N10O4S. The van der Waals surface area contributed by atoms with Crippen LogP contribution < -0.4 is 38.1 Å². The fourth-order valence-electron chi connectivity index (χ4n) is 3.67. The van der Waals surface area contributed by atoms with Gasteiger partial charge in [0.2, 0.25) is 11.8 Å². The van der Waals surface area contributed by atoms with Crippen LogP contribution >= 0.6 is 11.8 Å². The number of thioether (sulfide) groups is 1. The molecule has 10 N–H and O–H groups in total.